The van der Waals surface area contributed by atoms with E-state index in [1.54, 1.807) is 0 Å². The van der Waals surface area contributed by atoms with Crippen molar-refractivity contribution >= 4 is 0 Å². The van der Waals surface area contributed by atoms with Crippen LogP contribution < -0.4 is 11.3 Å². The van der Waals surface area contributed by atoms with E-state index in [4.69, 9.17) is 10.6 Å². The molecule has 2 unspecified atom stereocenters. The third-order valence-electron chi connectivity index (χ3n) is 3.32. The molecule has 0 fully saturated rings. The molecule has 0 saturated carbocycles. The van der Waals surface area contributed by atoms with E-state index in [1.807, 2.05) is 0 Å². The fourth-order valence-electron chi connectivity index (χ4n) is 2.28. The largest absolute Gasteiger partial charge is 0.373 e. The Morgan fingerprint density at radius 2 is 2.31 bits per heavy atom. The molecule has 1 aliphatic heterocycles. The molecule has 0 amide bonds. The van der Waals surface area contributed by atoms with Gasteiger partial charge in [0.05, 0.1) is 12.7 Å². The van der Waals surface area contributed by atoms with Crippen molar-refractivity contribution in [3.05, 3.63) is 35.4 Å². The maximum Gasteiger partial charge on any atom is 0.0843 e. The Balaban J connectivity index is 2.12. The first-order valence-corrected chi connectivity index (χ1v) is 6.00. The van der Waals surface area contributed by atoms with Crippen molar-refractivity contribution in [2.75, 3.05) is 6.61 Å². The van der Waals surface area contributed by atoms with E-state index >= 15 is 0 Å². The number of nitrogens with one attached hydrogen (secondary N) is 1. The minimum Gasteiger partial charge on any atom is -0.373 e. The van der Waals surface area contributed by atoms with E-state index in [1.165, 1.54) is 11.1 Å². The summed E-state index contributed by atoms with van der Waals surface area (Å²) in [5.74, 6) is 5.51. The fraction of sp³-hybridized carbons (Fsp3) is 0.538. The third kappa shape index (κ3) is 2.43. The molecule has 1 aromatic carbocycles. The fourth-order valence-corrected chi connectivity index (χ4v) is 2.28. The molecule has 0 bridgehead atoms. The average molecular weight is 220 g/mol. The van der Waals surface area contributed by atoms with Gasteiger partial charge in [0, 0.05) is 6.04 Å². The Bertz CT molecular complexity index is 336. The zero-order valence-corrected chi connectivity index (χ0v) is 9.78. The number of hydrogen-bond acceptors (Lipinski definition) is 3. The summed E-state index contributed by atoms with van der Waals surface area (Å²) >= 11 is 0. The van der Waals surface area contributed by atoms with Crippen LogP contribution in [-0.2, 0) is 11.2 Å². The third-order valence-corrected chi connectivity index (χ3v) is 3.32. The van der Waals surface area contributed by atoms with Gasteiger partial charge in [-0.3, -0.25) is 11.3 Å². The molecule has 0 aromatic heterocycles. The molecule has 0 saturated heterocycles. The molecular weight excluding hydrogens is 200 g/mol. The minimum absolute atomic E-state index is 0.200. The van der Waals surface area contributed by atoms with Crippen LogP contribution in [0.15, 0.2) is 24.3 Å². The molecule has 1 aromatic rings. The van der Waals surface area contributed by atoms with Gasteiger partial charge < -0.3 is 4.74 Å². The van der Waals surface area contributed by atoms with Crippen LogP contribution in [-0.4, -0.2) is 12.6 Å². The minimum atomic E-state index is 0.200. The highest BCUT2D eigenvalue weighted by molar-refractivity contribution is 5.30. The summed E-state index contributed by atoms with van der Waals surface area (Å²) in [4.78, 5) is 0. The average Bonchev–Trinajstić information content (AvgIpc) is 2.36. The van der Waals surface area contributed by atoms with Crippen LogP contribution in [0.5, 0.6) is 0 Å². The second-order valence-corrected chi connectivity index (χ2v) is 4.32. The topological polar surface area (TPSA) is 47.3 Å². The van der Waals surface area contributed by atoms with E-state index < -0.39 is 0 Å². The van der Waals surface area contributed by atoms with Crippen LogP contribution in [0.3, 0.4) is 0 Å². The zero-order chi connectivity index (χ0) is 11.4. The van der Waals surface area contributed by atoms with Gasteiger partial charge in [-0.25, -0.2) is 0 Å². The van der Waals surface area contributed by atoms with Crippen LogP contribution in [0.1, 0.15) is 37.0 Å². The van der Waals surface area contributed by atoms with Crippen molar-refractivity contribution in [1.29, 1.82) is 0 Å². The molecule has 88 valence electrons. The van der Waals surface area contributed by atoms with Gasteiger partial charge in [0.2, 0.25) is 0 Å². The van der Waals surface area contributed by atoms with Gasteiger partial charge in [0.25, 0.3) is 0 Å². The smallest absolute Gasteiger partial charge is 0.0843 e. The van der Waals surface area contributed by atoms with Crippen molar-refractivity contribution in [3.8, 4) is 0 Å². The number of benzene rings is 1. The molecule has 1 heterocycles. The Hall–Kier alpha value is -0.900. The molecule has 0 aliphatic carbocycles. The molecule has 3 heteroatoms. The monoisotopic (exact) mass is 220 g/mol. The van der Waals surface area contributed by atoms with Gasteiger partial charge >= 0.3 is 0 Å². The van der Waals surface area contributed by atoms with Gasteiger partial charge in [-0.05, 0) is 30.4 Å². The SMILES string of the molecule is CCC(CC1OCCc2ccccc21)NN. The molecular formula is C13H20N2O. The van der Waals surface area contributed by atoms with Crippen molar-refractivity contribution in [1.82, 2.24) is 5.43 Å². The molecule has 3 nitrogen and oxygen atoms in total. The first kappa shape index (κ1) is 11.6. The summed E-state index contributed by atoms with van der Waals surface area (Å²) in [6.45, 7) is 2.96. The lowest BCUT2D eigenvalue weighted by molar-refractivity contribution is 0.0292. The number of fused-ring (bicyclic) bond motifs is 1. The summed E-state index contributed by atoms with van der Waals surface area (Å²) < 4.78 is 5.84. The van der Waals surface area contributed by atoms with Crippen molar-refractivity contribution < 1.29 is 4.74 Å². The van der Waals surface area contributed by atoms with Crippen LogP contribution in [0, 0.1) is 0 Å². The first-order chi connectivity index (χ1) is 7.85. The number of nitrogens with two attached hydrogens (primary N) is 1. The van der Waals surface area contributed by atoms with Crippen molar-refractivity contribution in [2.24, 2.45) is 5.84 Å². The van der Waals surface area contributed by atoms with E-state index in [-0.39, 0.29) is 6.10 Å². The Morgan fingerprint density at radius 3 is 3.06 bits per heavy atom. The van der Waals surface area contributed by atoms with Gasteiger partial charge in [0.1, 0.15) is 0 Å². The molecule has 0 spiro atoms. The molecule has 1 aliphatic rings. The maximum atomic E-state index is 5.84. The van der Waals surface area contributed by atoms with Gasteiger partial charge in [-0.2, -0.15) is 0 Å². The molecule has 16 heavy (non-hydrogen) atoms. The lowest BCUT2D eigenvalue weighted by Crippen LogP contribution is -2.36. The Kier molecular flexibility index (Phi) is 3.93. The normalized spacial score (nSPS) is 21.5. The standard InChI is InChI=1S/C13H20N2O/c1-2-11(15-14)9-13-12-6-4-3-5-10(12)7-8-16-13/h3-6,11,13,15H,2,7-9,14H2,1H3. The number of hydrogen-bond donors (Lipinski definition) is 2. The number of hydrazine groups is 1. The summed E-state index contributed by atoms with van der Waals surface area (Å²) in [6, 6.07) is 8.87. The summed E-state index contributed by atoms with van der Waals surface area (Å²) in [5, 5.41) is 0. The Labute approximate surface area is 97.0 Å². The molecule has 2 atom stereocenters. The highest BCUT2D eigenvalue weighted by Gasteiger charge is 2.22. The maximum absolute atomic E-state index is 5.84. The summed E-state index contributed by atoms with van der Waals surface area (Å²) in [6.07, 6.45) is 3.20. The number of ether oxygens (including phenoxy) is 1. The summed E-state index contributed by atoms with van der Waals surface area (Å²) in [5.41, 5.74) is 5.61. The highest BCUT2D eigenvalue weighted by atomic mass is 16.5. The first-order valence-electron chi connectivity index (χ1n) is 6.00. The van der Waals surface area contributed by atoms with Gasteiger partial charge in [-0.1, -0.05) is 31.2 Å². The van der Waals surface area contributed by atoms with E-state index in [9.17, 15) is 0 Å². The van der Waals surface area contributed by atoms with Crippen molar-refractivity contribution in [2.45, 2.75) is 38.3 Å². The van der Waals surface area contributed by atoms with E-state index in [2.05, 4.69) is 36.6 Å². The van der Waals surface area contributed by atoms with Gasteiger partial charge in [-0.15, -0.1) is 0 Å². The lowest BCUT2D eigenvalue weighted by atomic mass is 9.93. The molecule has 2 rings (SSSR count). The highest BCUT2D eigenvalue weighted by Crippen LogP contribution is 2.30. The lowest BCUT2D eigenvalue weighted by Gasteiger charge is -2.28. The number of rotatable bonds is 4. The van der Waals surface area contributed by atoms with E-state index in [0.717, 1.165) is 25.9 Å². The van der Waals surface area contributed by atoms with Crippen LogP contribution >= 0.6 is 0 Å². The van der Waals surface area contributed by atoms with E-state index in [0.29, 0.717) is 6.04 Å². The zero-order valence-electron chi connectivity index (χ0n) is 9.78. The second kappa shape index (κ2) is 5.43. The van der Waals surface area contributed by atoms with Crippen LogP contribution in [0.25, 0.3) is 0 Å². The molecule has 3 N–H and O–H groups in total. The predicted octanol–water partition coefficient (Wildman–Crippen LogP) is 1.93. The van der Waals surface area contributed by atoms with Gasteiger partial charge in [0.15, 0.2) is 0 Å². The van der Waals surface area contributed by atoms with Crippen molar-refractivity contribution in [3.63, 3.8) is 0 Å². The summed E-state index contributed by atoms with van der Waals surface area (Å²) in [7, 11) is 0. The Morgan fingerprint density at radius 1 is 1.50 bits per heavy atom. The second-order valence-electron chi connectivity index (χ2n) is 4.32. The van der Waals surface area contributed by atoms with Crippen LogP contribution in [0.2, 0.25) is 0 Å². The molecule has 0 radical (unpaired) electrons. The van der Waals surface area contributed by atoms with Crippen LogP contribution in [0.4, 0.5) is 0 Å². The quantitative estimate of drug-likeness (QED) is 0.602. The predicted molar refractivity (Wildman–Crippen MR) is 64.9 cm³/mol.